The molecule has 1 saturated heterocycles. The van der Waals surface area contributed by atoms with Gasteiger partial charge in [0, 0.05) is 13.1 Å². The molecule has 0 unspecified atom stereocenters. The molecule has 2 aliphatic rings. The number of amides is 1. The summed E-state index contributed by atoms with van der Waals surface area (Å²) >= 11 is 0. The molecule has 2 N–H and O–H groups in total. The van der Waals surface area contributed by atoms with Crippen LogP contribution in [-0.4, -0.2) is 50.9 Å². The molecule has 33 heavy (non-hydrogen) atoms. The maximum absolute atomic E-state index is 14.7. The molecule has 1 amide bonds. The predicted octanol–water partition coefficient (Wildman–Crippen LogP) is 3.22. The van der Waals surface area contributed by atoms with E-state index in [2.05, 4.69) is 0 Å². The van der Waals surface area contributed by atoms with Crippen LogP contribution in [0.25, 0.3) is 11.1 Å². The monoisotopic (exact) mass is 476 g/mol. The molecule has 0 radical (unpaired) electrons. The molecule has 0 aliphatic carbocycles. The van der Waals surface area contributed by atoms with Gasteiger partial charge >= 0.3 is 0 Å². The number of benzene rings is 2. The van der Waals surface area contributed by atoms with Crippen molar-refractivity contribution in [1.82, 2.24) is 4.90 Å². The van der Waals surface area contributed by atoms with Gasteiger partial charge in [-0.15, -0.1) is 0 Å². The van der Waals surface area contributed by atoms with Crippen LogP contribution < -0.4 is 15.2 Å². The fourth-order valence-corrected chi connectivity index (χ4v) is 5.19. The molecule has 4 rings (SSSR count). The number of fused-ring (bicyclic) bond motifs is 1. The third-order valence-electron chi connectivity index (χ3n) is 6.32. The first-order valence-electron chi connectivity index (χ1n) is 11.1. The summed E-state index contributed by atoms with van der Waals surface area (Å²) in [6.45, 7) is 5.51. The first-order valence-corrected chi connectivity index (χ1v) is 12.8. The van der Waals surface area contributed by atoms with Gasteiger partial charge in [0.1, 0.15) is 10.6 Å². The van der Waals surface area contributed by atoms with E-state index in [0.29, 0.717) is 30.8 Å². The molecule has 0 bridgehead atoms. The van der Waals surface area contributed by atoms with Gasteiger partial charge in [0.05, 0.1) is 12.6 Å². The topological polar surface area (TPSA) is 98.9 Å². The van der Waals surface area contributed by atoms with E-state index in [4.69, 9.17) is 15.2 Å². The second kappa shape index (κ2) is 9.30. The third-order valence-corrected chi connectivity index (χ3v) is 7.75. The van der Waals surface area contributed by atoms with Gasteiger partial charge in [-0.25, -0.2) is 12.8 Å². The summed E-state index contributed by atoms with van der Waals surface area (Å²) in [5, 5.41) is 0. The number of ether oxygens (including phenoxy) is 2. The smallest absolute Gasteiger partial charge is 0.239 e. The highest BCUT2D eigenvalue weighted by molar-refractivity contribution is 7.91. The first kappa shape index (κ1) is 23.5. The number of piperidine rings is 1. The van der Waals surface area contributed by atoms with E-state index in [1.54, 1.807) is 24.3 Å². The molecule has 7 nitrogen and oxygen atoms in total. The average molecular weight is 477 g/mol. The lowest BCUT2D eigenvalue weighted by atomic mass is 9.96. The van der Waals surface area contributed by atoms with Gasteiger partial charge in [-0.1, -0.05) is 26.0 Å². The van der Waals surface area contributed by atoms with Crippen molar-refractivity contribution < 1.29 is 27.1 Å². The molecule has 0 spiro atoms. The molecule has 9 heteroatoms. The SMILES string of the molecule is CC(C)[C@H](N)C(=O)N1CCC(COc2ccc(-c3ccc4c(c3)OCS4(=O)=O)cc2F)CC1. The van der Waals surface area contributed by atoms with Gasteiger partial charge in [0.25, 0.3) is 0 Å². The van der Waals surface area contributed by atoms with Gasteiger partial charge in [-0.05, 0) is 60.1 Å². The van der Waals surface area contributed by atoms with Crippen molar-refractivity contribution in [2.45, 2.75) is 37.6 Å². The first-order chi connectivity index (χ1) is 15.7. The van der Waals surface area contributed by atoms with E-state index in [-0.39, 0.29) is 40.1 Å². The number of sulfone groups is 1. The predicted molar refractivity (Wildman–Crippen MR) is 122 cm³/mol. The average Bonchev–Trinajstić information content (AvgIpc) is 3.11. The number of likely N-dealkylation sites (tertiary alicyclic amines) is 1. The Bertz CT molecular complexity index is 1140. The summed E-state index contributed by atoms with van der Waals surface area (Å²) in [7, 11) is -3.40. The Morgan fingerprint density at radius 2 is 1.85 bits per heavy atom. The number of nitrogens with two attached hydrogens (primary N) is 1. The number of nitrogens with zero attached hydrogens (tertiary/aromatic N) is 1. The number of carbonyl (C=O) groups excluding carboxylic acids is 1. The van der Waals surface area contributed by atoms with Crippen LogP contribution in [0.1, 0.15) is 26.7 Å². The zero-order chi connectivity index (χ0) is 23.8. The maximum atomic E-state index is 14.7. The molecule has 2 aliphatic heterocycles. The highest BCUT2D eigenvalue weighted by Gasteiger charge is 2.29. The summed E-state index contributed by atoms with van der Waals surface area (Å²) < 4.78 is 49.5. The zero-order valence-electron chi connectivity index (χ0n) is 18.8. The van der Waals surface area contributed by atoms with Crippen molar-refractivity contribution in [2.24, 2.45) is 17.6 Å². The van der Waals surface area contributed by atoms with E-state index in [9.17, 15) is 17.6 Å². The summed E-state index contributed by atoms with van der Waals surface area (Å²) in [5.41, 5.74) is 7.24. The van der Waals surface area contributed by atoms with Gasteiger partial charge in [-0.3, -0.25) is 4.79 Å². The highest BCUT2D eigenvalue weighted by Crippen LogP contribution is 2.36. The Balaban J connectivity index is 1.34. The lowest BCUT2D eigenvalue weighted by Crippen LogP contribution is -2.49. The minimum Gasteiger partial charge on any atom is -0.490 e. The normalized spacial score (nSPS) is 18.6. The Morgan fingerprint density at radius 3 is 2.52 bits per heavy atom. The van der Waals surface area contributed by atoms with Crippen LogP contribution in [0.3, 0.4) is 0 Å². The van der Waals surface area contributed by atoms with Crippen LogP contribution in [0.4, 0.5) is 4.39 Å². The molecule has 1 atom stereocenters. The zero-order valence-corrected chi connectivity index (χ0v) is 19.6. The molecule has 178 valence electrons. The number of halogens is 1. The van der Waals surface area contributed by atoms with E-state index >= 15 is 0 Å². The molecule has 2 heterocycles. The molecule has 2 aromatic rings. The number of carbonyl (C=O) groups is 1. The van der Waals surface area contributed by atoms with Crippen LogP contribution in [0.15, 0.2) is 41.3 Å². The minimum atomic E-state index is -3.40. The Hall–Kier alpha value is -2.65. The summed E-state index contributed by atoms with van der Waals surface area (Å²) in [6, 6.07) is 8.94. The standard InChI is InChI=1S/C24H29FN2O5S/c1-15(2)23(26)24(28)27-9-7-16(8-10-27)13-31-20-5-3-17(11-19(20)25)18-4-6-22-21(12-18)32-14-33(22,29)30/h3-6,11-12,15-16,23H,7-10,13-14,26H2,1-2H3/t23-/m0/s1. The van der Waals surface area contributed by atoms with Crippen LogP contribution in [0.5, 0.6) is 11.5 Å². The molecule has 0 aromatic heterocycles. The summed E-state index contributed by atoms with van der Waals surface area (Å²) in [5.74, 6) is -0.0879. The molecule has 0 saturated carbocycles. The fraction of sp³-hybridized carbons (Fsp3) is 0.458. The quantitative estimate of drug-likeness (QED) is 0.687. The van der Waals surface area contributed by atoms with Crippen molar-refractivity contribution in [2.75, 3.05) is 25.6 Å². The molecular weight excluding hydrogens is 447 g/mol. The van der Waals surface area contributed by atoms with Crippen LogP contribution in [-0.2, 0) is 14.6 Å². The summed E-state index contributed by atoms with van der Waals surface area (Å²) in [6.07, 6.45) is 1.57. The van der Waals surface area contributed by atoms with Crippen molar-refractivity contribution in [1.29, 1.82) is 0 Å². The van der Waals surface area contributed by atoms with Crippen LogP contribution in [0, 0.1) is 17.7 Å². The number of hydrogen-bond donors (Lipinski definition) is 1. The van der Waals surface area contributed by atoms with Crippen molar-refractivity contribution in [3.8, 4) is 22.6 Å². The van der Waals surface area contributed by atoms with E-state index in [1.165, 1.54) is 12.1 Å². The molecule has 1 fully saturated rings. The molecular formula is C24H29FN2O5S. The Morgan fingerprint density at radius 1 is 1.18 bits per heavy atom. The minimum absolute atomic E-state index is 0.0134. The molecule has 2 aromatic carbocycles. The van der Waals surface area contributed by atoms with Crippen LogP contribution >= 0.6 is 0 Å². The largest absolute Gasteiger partial charge is 0.490 e. The van der Waals surface area contributed by atoms with Gasteiger partial charge in [0.2, 0.25) is 15.7 Å². The second-order valence-corrected chi connectivity index (χ2v) is 10.9. The van der Waals surface area contributed by atoms with E-state index < -0.39 is 21.7 Å². The lowest BCUT2D eigenvalue weighted by molar-refractivity contribution is -0.135. The number of rotatable bonds is 6. The van der Waals surface area contributed by atoms with Crippen molar-refractivity contribution in [3.63, 3.8) is 0 Å². The third kappa shape index (κ3) is 4.99. The summed E-state index contributed by atoms with van der Waals surface area (Å²) in [4.78, 5) is 14.4. The van der Waals surface area contributed by atoms with Crippen molar-refractivity contribution in [3.05, 3.63) is 42.2 Å². The highest BCUT2D eigenvalue weighted by atomic mass is 32.2. The van der Waals surface area contributed by atoms with E-state index in [1.807, 2.05) is 18.7 Å². The Labute approximate surface area is 193 Å². The van der Waals surface area contributed by atoms with Crippen molar-refractivity contribution >= 4 is 15.7 Å². The van der Waals surface area contributed by atoms with E-state index in [0.717, 1.165) is 12.8 Å². The van der Waals surface area contributed by atoms with Gasteiger partial charge in [0.15, 0.2) is 17.5 Å². The van der Waals surface area contributed by atoms with Gasteiger partial charge in [-0.2, -0.15) is 0 Å². The Kier molecular flexibility index (Phi) is 6.63. The lowest BCUT2D eigenvalue weighted by Gasteiger charge is -2.34. The van der Waals surface area contributed by atoms with Crippen LogP contribution in [0.2, 0.25) is 0 Å². The number of hydrogen-bond acceptors (Lipinski definition) is 6. The maximum Gasteiger partial charge on any atom is 0.239 e. The fourth-order valence-electron chi connectivity index (χ4n) is 4.08. The second-order valence-electron chi connectivity index (χ2n) is 9.03. The van der Waals surface area contributed by atoms with Gasteiger partial charge < -0.3 is 20.1 Å².